The number of nitrogens with one attached hydrogen (secondary N) is 2. The van der Waals surface area contributed by atoms with Gasteiger partial charge in [0, 0.05) is 31.3 Å². The quantitative estimate of drug-likeness (QED) is 0.404. The van der Waals surface area contributed by atoms with Crippen LogP contribution in [0.2, 0.25) is 0 Å². The molecule has 0 radical (unpaired) electrons. The van der Waals surface area contributed by atoms with Gasteiger partial charge in [0.25, 0.3) is 0 Å². The van der Waals surface area contributed by atoms with Crippen molar-refractivity contribution in [2.45, 2.75) is 98.1 Å². The van der Waals surface area contributed by atoms with Crippen molar-refractivity contribution < 1.29 is 23.9 Å². The molecule has 1 aliphatic rings. The summed E-state index contributed by atoms with van der Waals surface area (Å²) in [6, 6.07) is 0.393. The van der Waals surface area contributed by atoms with E-state index in [1.54, 1.807) is 0 Å². The molecule has 0 aliphatic heterocycles. The molecule has 0 spiro atoms. The predicted octanol–water partition coefficient (Wildman–Crippen LogP) is 3.39. The van der Waals surface area contributed by atoms with E-state index in [1.165, 1.54) is 6.92 Å². The summed E-state index contributed by atoms with van der Waals surface area (Å²) < 4.78 is 10.7. The van der Waals surface area contributed by atoms with E-state index >= 15 is 0 Å². The summed E-state index contributed by atoms with van der Waals surface area (Å²) in [5.41, 5.74) is 0.241. The maximum atomic E-state index is 12.3. The van der Waals surface area contributed by atoms with Gasteiger partial charge in [-0.3, -0.25) is 14.4 Å². The van der Waals surface area contributed by atoms with Crippen molar-refractivity contribution in [2.24, 2.45) is 11.3 Å². The first kappa shape index (κ1) is 27.6. The molecule has 0 saturated heterocycles. The van der Waals surface area contributed by atoms with Crippen molar-refractivity contribution >= 4 is 17.6 Å². The normalized spacial score (nSPS) is 20.2. The summed E-state index contributed by atoms with van der Waals surface area (Å²) in [7, 11) is 0. The Morgan fingerprint density at radius 1 is 0.839 bits per heavy atom. The van der Waals surface area contributed by atoms with Crippen LogP contribution in [0.25, 0.3) is 0 Å². The molecule has 0 heterocycles. The van der Waals surface area contributed by atoms with Gasteiger partial charge in [-0.2, -0.15) is 0 Å². The molecule has 0 aromatic heterocycles. The van der Waals surface area contributed by atoms with Crippen molar-refractivity contribution in [2.75, 3.05) is 26.4 Å². The number of Topliss-reactive ketones (excluding diaryl/α,β-unsaturated/α-hetero) is 1. The zero-order valence-electron chi connectivity index (χ0n) is 20.3. The molecule has 180 valence electrons. The number of hydrogen-bond acceptors (Lipinski definition) is 5. The lowest BCUT2D eigenvalue weighted by Gasteiger charge is -2.30. The molecule has 1 saturated carbocycles. The number of hydrogen-bond donors (Lipinski definition) is 2. The lowest BCUT2D eigenvalue weighted by atomic mass is 9.84. The molecule has 31 heavy (non-hydrogen) atoms. The molecular formula is C24H44N2O5. The number of ether oxygens (including phenoxy) is 2. The van der Waals surface area contributed by atoms with E-state index in [1.807, 2.05) is 0 Å². The molecule has 7 heteroatoms. The van der Waals surface area contributed by atoms with Crippen molar-refractivity contribution in [3.63, 3.8) is 0 Å². The van der Waals surface area contributed by atoms with Gasteiger partial charge >= 0.3 is 0 Å². The summed E-state index contributed by atoms with van der Waals surface area (Å²) in [5.74, 6) is 0.636. The van der Waals surface area contributed by atoms with Gasteiger partial charge in [-0.15, -0.1) is 0 Å². The molecule has 2 amide bonds. The van der Waals surface area contributed by atoms with Crippen LogP contribution in [0.3, 0.4) is 0 Å². The monoisotopic (exact) mass is 440 g/mol. The zero-order chi connectivity index (χ0) is 23.3. The van der Waals surface area contributed by atoms with E-state index in [9.17, 15) is 14.4 Å². The Kier molecular flexibility index (Phi) is 13.0. The van der Waals surface area contributed by atoms with Crippen LogP contribution < -0.4 is 10.6 Å². The Hall–Kier alpha value is -1.47. The molecule has 7 nitrogen and oxygen atoms in total. The first-order chi connectivity index (χ1) is 14.5. The Morgan fingerprint density at radius 2 is 1.32 bits per heavy atom. The van der Waals surface area contributed by atoms with Crippen LogP contribution in [0.15, 0.2) is 0 Å². The van der Waals surface area contributed by atoms with E-state index in [-0.39, 0.29) is 35.1 Å². The van der Waals surface area contributed by atoms with Gasteiger partial charge in [0.2, 0.25) is 11.8 Å². The lowest BCUT2D eigenvalue weighted by molar-refractivity contribution is -0.124. The third-order valence-electron chi connectivity index (χ3n) is 5.40. The second-order valence-electron chi connectivity index (χ2n) is 10.2. The van der Waals surface area contributed by atoms with Crippen LogP contribution in [0.1, 0.15) is 86.0 Å². The standard InChI is InChI=1S/C24H44N2O5/c1-18(17-24(3,4)5)16-23(29)26-21-8-6-20(7-9-21)25-22(28)11-13-31-15-14-30-12-10-19(2)27/h18,20-21H,6-17H2,1-5H3,(H,25,28)(H,26,29). The number of carbonyl (C=O) groups excluding carboxylic acids is 3. The molecule has 1 rings (SSSR count). The fraction of sp³-hybridized carbons (Fsp3) is 0.875. The Balaban J connectivity index is 2.08. The Morgan fingerprint density at radius 3 is 1.81 bits per heavy atom. The minimum atomic E-state index is 0.000915. The second kappa shape index (κ2) is 14.6. The summed E-state index contributed by atoms with van der Waals surface area (Å²) in [6.07, 6.45) is 5.95. The Bertz CT molecular complexity index is 551. The molecule has 2 N–H and O–H groups in total. The molecule has 1 atom stereocenters. The van der Waals surface area contributed by atoms with Crippen LogP contribution in [-0.4, -0.2) is 56.1 Å². The highest BCUT2D eigenvalue weighted by Gasteiger charge is 2.24. The predicted molar refractivity (Wildman–Crippen MR) is 122 cm³/mol. The number of rotatable bonds is 14. The maximum absolute atomic E-state index is 12.3. The molecule has 1 aliphatic carbocycles. The van der Waals surface area contributed by atoms with Gasteiger partial charge in [0.1, 0.15) is 5.78 Å². The highest BCUT2D eigenvalue weighted by molar-refractivity contribution is 5.77. The summed E-state index contributed by atoms with van der Waals surface area (Å²) >= 11 is 0. The molecule has 0 aromatic carbocycles. The van der Waals surface area contributed by atoms with Crippen LogP contribution in [-0.2, 0) is 23.9 Å². The van der Waals surface area contributed by atoms with Crippen molar-refractivity contribution in [3.05, 3.63) is 0 Å². The van der Waals surface area contributed by atoms with Crippen molar-refractivity contribution in [1.29, 1.82) is 0 Å². The number of amides is 2. The molecule has 1 fully saturated rings. The van der Waals surface area contributed by atoms with Gasteiger partial charge in [-0.25, -0.2) is 0 Å². The van der Waals surface area contributed by atoms with Gasteiger partial charge in [0.05, 0.1) is 26.4 Å². The van der Waals surface area contributed by atoms with E-state index in [0.29, 0.717) is 51.6 Å². The third-order valence-corrected chi connectivity index (χ3v) is 5.40. The smallest absolute Gasteiger partial charge is 0.222 e. The molecule has 0 aromatic rings. The lowest BCUT2D eigenvalue weighted by Crippen LogP contribution is -2.44. The first-order valence-corrected chi connectivity index (χ1v) is 11.8. The summed E-state index contributed by atoms with van der Waals surface area (Å²) in [5, 5.41) is 6.25. The largest absolute Gasteiger partial charge is 0.379 e. The SMILES string of the molecule is CC(=O)CCOCCOCCC(=O)NC1CCC(NC(=O)CC(C)CC(C)(C)C)CC1. The number of carbonyl (C=O) groups is 3. The molecular weight excluding hydrogens is 396 g/mol. The van der Waals surface area contributed by atoms with E-state index in [2.05, 4.69) is 38.3 Å². The van der Waals surface area contributed by atoms with Crippen molar-refractivity contribution in [1.82, 2.24) is 10.6 Å². The van der Waals surface area contributed by atoms with Gasteiger partial charge in [0.15, 0.2) is 0 Å². The van der Waals surface area contributed by atoms with Gasteiger partial charge in [-0.05, 0) is 50.4 Å². The summed E-state index contributed by atoms with van der Waals surface area (Å²) in [4.78, 5) is 35.2. The minimum Gasteiger partial charge on any atom is -0.379 e. The highest BCUT2D eigenvalue weighted by atomic mass is 16.5. The fourth-order valence-electron chi connectivity index (χ4n) is 4.11. The second-order valence-corrected chi connectivity index (χ2v) is 10.2. The van der Waals surface area contributed by atoms with E-state index in [4.69, 9.17) is 9.47 Å². The fourth-order valence-corrected chi connectivity index (χ4v) is 4.11. The zero-order valence-corrected chi connectivity index (χ0v) is 20.3. The van der Waals surface area contributed by atoms with Crippen LogP contribution >= 0.6 is 0 Å². The first-order valence-electron chi connectivity index (χ1n) is 11.8. The Labute approximate surface area is 188 Å². The van der Waals surface area contributed by atoms with Crippen molar-refractivity contribution in [3.8, 4) is 0 Å². The van der Waals surface area contributed by atoms with Crippen LogP contribution in [0.5, 0.6) is 0 Å². The van der Waals surface area contributed by atoms with Gasteiger partial charge in [-0.1, -0.05) is 27.7 Å². The summed E-state index contributed by atoms with van der Waals surface area (Å²) in [6.45, 7) is 11.9. The topological polar surface area (TPSA) is 93.7 Å². The molecule has 0 bridgehead atoms. The minimum absolute atomic E-state index is 0.000915. The van der Waals surface area contributed by atoms with E-state index in [0.717, 1.165) is 32.1 Å². The van der Waals surface area contributed by atoms with Crippen LogP contribution in [0.4, 0.5) is 0 Å². The van der Waals surface area contributed by atoms with Crippen LogP contribution in [0, 0.1) is 11.3 Å². The molecule has 1 unspecified atom stereocenters. The van der Waals surface area contributed by atoms with Gasteiger partial charge < -0.3 is 20.1 Å². The van der Waals surface area contributed by atoms with E-state index < -0.39 is 0 Å². The highest BCUT2D eigenvalue weighted by Crippen LogP contribution is 2.26. The maximum Gasteiger partial charge on any atom is 0.222 e. The average molecular weight is 441 g/mol. The average Bonchev–Trinajstić information content (AvgIpc) is 2.63. The number of ketones is 1. The third kappa shape index (κ3) is 15.0.